The van der Waals surface area contributed by atoms with E-state index in [4.69, 9.17) is 29.9 Å². The Hall–Kier alpha value is -11.1. The number of rotatable bonds is 9. The van der Waals surface area contributed by atoms with E-state index in [9.17, 15) is 18.4 Å². The van der Waals surface area contributed by atoms with Gasteiger partial charge in [-0.2, -0.15) is 31.6 Å². The van der Waals surface area contributed by atoms with Crippen LogP contribution in [-0.4, -0.2) is 39.0 Å². The first-order chi connectivity index (χ1) is 40.9. The molecule has 0 atom stereocenters. The van der Waals surface area contributed by atoms with Crippen LogP contribution in [0.3, 0.4) is 0 Å². The van der Waals surface area contributed by atoms with Crippen LogP contribution in [0.2, 0.25) is 0 Å². The largest absolute Gasteiger partial charge is 0.417 e. The van der Waals surface area contributed by atoms with E-state index in [1.165, 1.54) is 12.1 Å². The normalized spacial score (nSPS) is 11.9. The Bertz CT molecular complexity index is 4560. The molecule has 15 heteroatoms. The van der Waals surface area contributed by atoms with Crippen molar-refractivity contribution in [2.75, 3.05) is 0 Å². The predicted molar refractivity (Wildman–Crippen MR) is 315 cm³/mol. The van der Waals surface area contributed by atoms with Crippen molar-refractivity contribution in [3.05, 3.63) is 253 Å². The summed E-state index contributed by atoms with van der Waals surface area (Å²) in [6.07, 6.45) is -10.3. The van der Waals surface area contributed by atoms with Gasteiger partial charge < -0.3 is 9.13 Å². The summed E-state index contributed by atoms with van der Waals surface area (Å²) in [4.78, 5) is 29.7. The van der Waals surface area contributed by atoms with Gasteiger partial charge in [0.25, 0.3) is 0 Å². The molecule has 14 aromatic rings. The number of halogens is 6. The van der Waals surface area contributed by atoms with Gasteiger partial charge >= 0.3 is 12.4 Å². The maximum Gasteiger partial charge on any atom is 0.417 e. The fraction of sp³-hybridized carbons (Fsp3) is 0.0290. The SMILES string of the molecule is N#Cc1c(-n2c3ccccc3c3ccc(-c4nc(-c5ccccc5)nc(-c5ccccc5)n4)cc32)cc(-c2ccc(C(F)(F)F)cc2C(F)(F)F)cc1-n1c2ccccc2c2ccc(-c3nc(-c4ccccc4)nc(-c4ccccc4)n3)cc21. The van der Waals surface area contributed by atoms with E-state index in [-0.39, 0.29) is 28.6 Å². The number of para-hydroxylation sites is 2. The molecule has 4 aromatic heterocycles. The van der Waals surface area contributed by atoms with Crippen molar-refractivity contribution in [1.82, 2.24) is 39.0 Å². The zero-order chi connectivity index (χ0) is 57.3. The fourth-order valence-electron chi connectivity index (χ4n) is 11.1. The molecule has 84 heavy (non-hydrogen) atoms. The number of hydrogen-bond acceptors (Lipinski definition) is 7. The molecular formula is C69H39F6N9. The summed E-state index contributed by atoms with van der Waals surface area (Å²) in [5.74, 6) is 2.31. The molecule has 0 N–H and O–H groups in total. The van der Waals surface area contributed by atoms with Crippen LogP contribution in [0, 0.1) is 11.3 Å². The highest BCUT2D eigenvalue weighted by atomic mass is 19.4. The molecule has 0 unspecified atom stereocenters. The number of alkyl halides is 6. The summed E-state index contributed by atoms with van der Waals surface area (Å²) in [7, 11) is 0. The van der Waals surface area contributed by atoms with Crippen molar-refractivity contribution in [2.24, 2.45) is 0 Å². The zero-order valence-corrected chi connectivity index (χ0v) is 43.8. The average molecular weight is 1110 g/mol. The number of hydrogen-bond donors (Lipinski definition) is 0. The number of aromatic nitrogens is 8. The molecule has 0 spiro atoms. The monoisotopic (exact) mass is 1110 g/mol. The van der Waals surface area contributed by atoms with Gasteiger partial charge in [-0.1, -0.05) is 188 Å². The molecule has 0 aliphatic heterocycles. The lowest BCUT2D eigenvalue weighted by Crippen LogP contribution is -2.12. The highest BCUT2D eigenvalue weighted by Gasteiger charge is 2.39. The highest BCUT2D eigenvalue weighted by Crippen LogP contribution is 2.46. The number of nitrogens with zero attached hydrogens (tertiary/aromatic N) is 9. The molecule has 0 aliphatic rings. The van der Waals surface area contributed by atoms with Gasteiger partial charge in [0, 0.05) is 54.9 Å². The third-order valence-electron chi connectivity index (χ3n) is 14.9. The lowest BCUT2D eigenvalue weighted by atomic mass is 9.94. The van der Waals surface area contributed by atoms with Crippen LogP contribution in [0.25, 0.3) is 134 Å². The zero-order valence-electron chi connectivity index (χ0n) is 43.8. The van der Waals surface area contributed by atoms with Crippen molar-refractivity contribution in [3.8, 4) is 96.9 Å². The van der Waals surface area contributed by atoms with Gasteiger partial charge in [0.1, 0.15) is 11.6 Å². The second-order valence-corrected chi connectivity index (χ2v) is 20.0. The van der Waals surface area contributed by atoms with E-state index in [1.807, 2.05) is 215 Å². The third kappa shape index (κ3) is 9.02. The Kier molecular flexibility index (Phi) is 12.3. The third-order valence-corrected chi connectivity index (χ3v) is 14.9. The Morgan fingerprint density at radius 2 is 0.655 bits per heavy atom. The minimum atomic E-state index is -5.25. The predicted octanol–water partition coefficient (Wildman–Crippen LogP) is 17.8. The second-order valence-electron chi connectivity index (χ2n) is 20.0. The molecule has 4 heterocycles. The molecule has 402 valence electrons. The fourth-order valence-corrected chi connectivity index (χ4v) is 11.1. The number of nitriles is 1. The van der Waals surface area contributed by atoms with Gasteiger partial charge in [-0.05, 0) is 59.7 Å². The average Bonchev–Trinajstić information content (AvgIpc) is 1.75. The summed E-state index contributed by atoms with van der Waals surface area (Å²) >= 11 is 0. The first-order valence-corrected chi connectivity index (χ1v) is 26.5. The molecule has 0 aliphatic carbocycles. The summed E-state index contributed by atoms with van der Waals surface area (Å²) in [6, 6.07) is 71.1. The molecule has 0 saturated heterocycles. The van der Waals surface area contributed by atoms with Crippen LogP contribution in [0.1, 0.15) is 16.7 Å². The molecule has 0 amide bonds. The second kappa shape index (κ2) is 20.2. The lowest BCUT2D eigenvalue weighted by molar-refractivity contribution is -0.142. The van der Waals surface area contributed by atoms with Crippen LogP contribution in [0.4, 0.5) is 26.3 Å². The van der Waals surface area contributed by atoms with Crippen molar-refractivity contribution in [1.29, 1.82) is 5.26 Å². The van der Waals surface area contributed by atoms with Crippen LogP contribution in [-0.2, 0) is 12.4 Å². The highest BCUT2D eigenvalue weighted by molar-refractivity contribution is 6.12. The minimum Gasteiger partial charge on any atom is -0.308 e. The Balaban J connectivity index is 1.06. The van der Waals surface area contributed by atoms with Crippen molar-refractivity contribution in [3.63, 3.8) is 0 Å². The molecule has 0 bridgehead atoms. The molecule has 0 radical (unpaired) electrons. The van der Waals surface area contributed by atoms with Crippen molar-refractivity contribution in [2.45, 2.75) is 12.4 Å². The number of fused-ring (bicyclic) bond motifs is 6. The van der Waals surface area contributed by atoms with Gasteiger partial charge in [-0.25, -0.2) is 29.9 Å². The Morgan fingerprint density at radius 1 is 0.310 bits per heavy atom. The lowest BCUT2D eigenvalue weighted by Gasteiger charge is -2.21. The van der Waals surface area contributed by atoms with Gasteiger partial charge in [-0.3, -0.25) is 0 Å². The van der Waals surface area contributed by atoms with E-state index in [0.29, 0.717) is 74.2 Å². The van der Waals surface area contributed by atoms with E-state index < -0.39 is 29.0 Å². The molecule has 10 aromatic carbocycles. The minimum absolute atomic E-state index is 0.0381. The van der Waals surface area contributed by atoms with Gasteiger partial charge in [0.2, 0.25) is 0 Å². The summed E-state index contributed by atoms with van der Waals surface area (Å²) in [6.45, 7) is 0. The molecule has 14 rings (SSSR count). The molecular weight excluding hydrogens is 1070 g/mol. The van der Waals surface area contributed by atoms with Crippen LogP contribution < -0.4 is 0 Å². The summed E-state index contributed by atoms with van der Waals surface area (Å²) in [5.41, 5.74) is 3.03. The van der Waals surface area contributed by atoms with Gasteiger partial charge in [-0.15, -0.1) is 0 Å². The molecule has 0 saturated carbocycles. The van der Waals surface area contributed by atoms with E-state index in [1.54, 1.807) is 0 Å². The maximum absolute atomic E-state index is 15.5. The van der Waals surface area contributed by atoms with E-state index >= 15 is 13.2 Å². The quantitative estimate of drug-likeness (QED) is 0.132. The van der Waals surface area contributed by atoms with Crippen LogP contribution in [0.15, 0.2) is 237 Å². The first kappa shape index (κ1) is 51.1. The maximum atomic E-state index is 15.5. The summed E-state index contributed by atoms with van der Waals surface area (Å²) < 4.78 is 93.4. The first-order valence-electron chi connectivity index (χ1n) is 26.5. The van der Waals surface area contributed by atoms with Crippen molar-refractivity contribution < 1.29 is 26.3 Å². The smallest absolute Gasteiger partial charge is 0.308 e. The Morgan fingerprint density at radius 3 is 1.01 bits per heavy atom. The molecule has 9 nitrogen and oxygen atoms in total. The van der Waals surface area contributed by atoms with E-state index in [0.717, 1.165) is 49.9 Å². The Labute approximate surface area is 474 Å². The summed E-state index contributed by atoms with van der Waals surface area (Å²) in [5, 5.41) is 14.8. The standard InChI is InChI=1S/C69H39F6N9/c70-68(71,72)48-31-34-49(55(39-48)69(73,74)75)47-37-60(83-56-27-15-13-25-50(56)52-32-29-45(35-58(52)83)66-79-62(41-17-5-1-6-18-41)77-63(80-66)42-19-7-2-8-20-42)54(40-76)61(38-47)84-57-28-16-14-26-51(57)53-33-30-46(36-59(53)84)67-81-64(43-21-9-3-10-22-43)78-65(82-67)44-23-11-4-12-24-44/h1-39H. The van der Waals surface area contributed by atoms with Gasteiger partial charge in [0.15, 0.2) is 34.9 Å². The van der Waals surface area contributed by atoms with Gasteiger partial charge in [0.05, 0.1) is 44.6 Å². The van der Waals surface area contributed by atoms with E-state index in [2.05, 4.69) is 6.07 Å². The van der Waals surface area contributed by atoms with Crippen LogP contribution in [0.5, 0.6) is 0 Å². The van der Waals surface area contributed by atoms with Crippen molar-refractivity contribution >= 4 is 43.6 Å². The molecule has 0 fully saturated rings. The topological polar surface area (TPSA) is 111 Å². The van der Waals surface area contributed by atoms with Crippen LogP contribution >= 0.6 is 0 Å². The number of benzene rings is 10.